The fraction of sp³-hybridized carbons (Fsp3) is 0.300. The van der Waals surface area contributed by atoms with Gasteiger partial charge in [-0.25, -0.2) is 0 Å². The Morgan fingerprint density at radius 1 is 0.447 bits per heavy atom. The zero-order chi connectivity index (χ0) is 58.5. The van der Waals surface area contributed by atoms with Gasteiger partial charge in [0.2, 0.25) is 0 Å². The van der Waals surface area contributed by atoms with Gasteiger partial charge in [0.05, 0.1) is 16.9 Å². The average Bonchev–Trinajstić information content (AvgIpc) is 1.19. The van der Waals surface area contributed by atoms with Gasteiger partial charge in [-0.2, -0.15) is 0 Å². The van der Waals surface area contributed by atoms with Gasteiger partial charge in [0.15, 0.2) is 0 Å². The summed E-state index contributed by atoms with van der Waals surface area (Å²) in [5, 5.41) is 7.21. The molecule has 3 nitrogen and oxygen atoms in total. The van der Waals surface area contributed by atoms with Crippen LogP contribution < -0.4 is 31.1 Å². The fourth-order valence-corrected chi connectivity index (χ4v) is 17.7. The van der Waals surface area contributed by atoms with Gasteiger partial charge in [0, 0.05) is 76.0 Å². The predicted octanol–water partition coefficient (Wildman–Crippen LogP) is 20.4. The summed E-state index contributed by atoms with van der Waals surface area (Å²) >= 11 is 1.92. The largest absolute Gasteiger partial charge is 0.334 e. The lowest BCUT2D eigenvalue weighted by Crippen LogP contribution is -2.62. The van der Waals surface area contributed by atoms with E-state index in [0.29, 0.717) is 0 Å². The number of benzene rings is 9. The van der Waals surface area contributed by atoms with Crippen molar-refractivity contribution in [2.75, 3.05) is 14.7 Å². The number of hydrogen-bond donors (Lipinski definition) is 0. The zero-order valence-corrected chi connectivity index (χ0v) is 52.6. The summed E-state index contributed by atoms with van der Waals surface area (Å²) < 4.78 is 2.63. The lowest BCUT2D eigenvalue weighted by atomic mass is 9.33. The van der Waals surface area contributed by atoms with Crippen molar-refractivity contribution in [3.8, 4) is 11.1 Å². The van der Waals surface area contributed by atoms with Crippen LogP contribution in [-0.4, -0.2) is 12.3 Å². The summed E-state index contributed by atoms with van der Waals surface area (Å²) in [6.45, 7) is 29.3. The minimum absolute atomic E-state index is 0.0110. The molecule has 11 aromatic rings. The maximum Gasteiger partial charge on any atom is 0.252 e. The zero-order valence-electron chi connectivity index (χ0n) is 51.7. The molecular formula is C80H76BN3S. The van der Waals surface area contributed by atoms with Crippen LogP contribution in [0, 0.1) is 12.1 Å². The number of rotatable bonds is 4. The first kappa shape index (κ1) is 52.8. The van der Waals surface area contributed by atoms with Crippen molar-refractivity contribution in [2.24, 2.45) is 0 Å². The third kappa shape index (κ3) is 7.53. The monoisotopic (exact) mass is 1120 g/mol. The summed E-state index contributed by atoms with van der Waals surface area (Å²) in [6, 6.07) is 74.4. The molecule has 1 aromatic heterocycles. The van der Waals surface area contributed by atoms with E-state index in [9.17, 15) is 0 Å². The lowest BCUT2D eigenvalue weighted by molar-refractivity contribution is 0.195. The van der Waals surface area contributed by atoms with E-state index in [1.165, 1.54) is 145 Å². The third-order valence-corrected chi connectivity index (χ3v) is 22.9. The standard InChI is InChI=1S/C80H76BN3S/c1-75(2,3)52-33-35-64(58(42-52)49-23-14-13-15-24-49)82-67-41-51-32-31-50-25-16-17-26-55(50)57(51)46-62(67)81-63-47-59-60(78(9,10)40-39-77(59,7)8)48-68(63)83(66-28-22-30-72-73(66)56-27-18-19-29-71(56)85-72)70-45-54(44-69(82)74(70)81)84-65-36-34-53(76(4,5)6)43-61(65)79(11)37-20-21-38-80(79,84)12/h13-19,22-30,33-36,41-48H,20-21,37-40H2,1-12H3. The first-order valence-corrected chi connectivity index (χ1v) is 32.3. The fourth-order valence-electron chi connectivity index (χ4n) is 16.6. The molecule has 85 heavy (non-hydrogen) atoms. The Morgan fingerprint density at radius 3 is 1.79 bits per heavy atom. The first-order valence-electron chi connectivity index (χ1n) is 31.5. The normalized spacial score (nSPS) is 20.0. The van der Waals surface area contributed by atoms with Crippen LogP contribution in [0.25, 0.3) is 52.8 Å². The Kier molecular flexibility index (Phi) is 11.1. The third-order valence-electron chi connectivity index (χ3n) is 21.7. The minimum atomic E-state index is -0.205. The van der Waals surface area contributed by atoms with Crippen LogP contribution in [-0.2, 0) is 27.1 Å². The Morgan fingerprint density at radius 2 is 1.05 bits per heavy atom. The molecule has 2 atom stereocenters. The Balaban J connectivity index is 1.10. The van der Waals surface area contributed by atoms with E-state index in [0.717, 1.165) is 36.5 Å². The number of anilines is 8. The highest BCUT2D eigenvalue weighted by Gasteiger charge is 2.58. The van der Waals surface area contributed by atoms with E-state index in [2.05, 4.69) is 280 Å². The van der Waals surface area contributed by atoms with Crippen LogP contribution in [0.3, 0.4) is 0 Å². The summed E-state index contributed by atoms with van der Waals surface area (Å²) in [6.07, 6.45) is 6.95. The highest BCUT2D eigenvalue weighted by molar-refractivity contribution is 7.26. The van der Waals surface area contributed by atoms with Crippen molar-refractivity contribution in [3.63, 3.8) is 0 Å². The van der Waals surface area contributed by atoms with Crippen LogP contribution in [0.15, 0.2) is 170 Å². The van der Waals surface area contributed by atoms with Crippen LogP contribution in [0.4, 0.5) is 45.5 Å². The number of nitrogens with zero attached hydrogens (tertiary/aromatic N) is 3. The van der Waals surface area contributed by atoms with Crippen LogP contribution in [0.2, 0.25) is 0 Å². The van der Waals surface area contributed by atoms with Crippen LogP contribution in [0.1, 0.15) is 149 Å². The van der Waals surface area contributed by atoms with E-state index < -0.39 is 0 Å². The number of thiophene rings is 1. The van der Waals surface area contributed by atoms with E-state index in [1.54, 1.807) is 0 Å². The molecule has 1 saturated carbocycles. The maximum atomic E-state index is 3.77. The number of fused-ring (bicyclic) bond motifs is 14. The van der Waals surface area contributed by atoms with Gasteiger partial charge in [0.25, 0.3) is 6.71 Å². The van der Waals surface area contributed by atoms with Gasteiger partial charge in [0.1, 0.15) is 0 Å². The molecule has 0 N–H and O–H groups in total. The first-order chi connectivity index (χ1) is 40.6. The molecule has 10 aromatic carbocycles. The Bertz CT molecular complexity index is 4640. The van der Waals surface area contributed by atoms with E-state index in [1.807, 2.05) is 11.3 Å². The molecule has 0 amide bonds. The molecule has 420 valence electrons. The summed E-state index contributed by atoms with van der Waals surface area (Å²) in [4.78, 5) is 8.35. The van der Waals surface area contributed by atoms with Crippen molar-refractivity contribution in [1.29, 1.82) is 0 Å². The van der Waals surface area contributed by atoms with E-state index in [-0.39, 0.29) is 39.3 Å². The van der Waals surface area contributed by atoms with Gasteiger partial charge < -0.3 is 14.7 Å². The Labute approximate surface area is 508 Å². The van der Waals surface area contributed by atoms with E-state index >= 15 is 0 Å². The van der Waals surface area contributed by atoms with Gasteiger partial charge in [-0.15, -0.1) is 11.3 Å². The minimum Gasteiger partial charge on any atom is -0.334 e. The molecule has 2 unspecified atom stereocenters. The molecule has 0 radical (unpaired) electrons. The lowest BCUT2D eigenvalue weighted by Gasteiger charge is -2.51. The average molecular weight is 1120 g/mol. The Hall–Kier alpha value is -7.78. The van der Waals surface area contributed by atoms with Crippen molar-refractivity contribution < 1.29 is 0 Å². The quantitative estimate of drug-likeness (QED) is 0.163. The van der Waals surface area contributed by atoms with Gasteiger partial charge in [-0.05, 0) is 182 Å². The smallest absolute Gasteiger partial charge is 0.252 e. The molecular weight excluding hydrogens is 1050 g/mol. The molecule has 5 aliphatic rings. The van der Waals surface area contributed by atoms with Crippen molar-refractivity contribution in [1.82, 2.24) is 0 Å². The van der Waals surface area contributed by atoms with Gasteiger partial charge in [-0.3, -0.25) is 0 Å². The highest BCUT2D eigenvalue weighted by Crippen LogP contribution is 2.63. The van der Waals surface area contributed by atoms with Crippen molar-refractivity contribution >= 4 is 122 Å². The van der Waals surface area contributed by atoms with Gasteiger partial charge in [-0.1, -0.05) is 204 Å². The predicted molar refractivity (Wildman–Crippen MR) is 367 cm³/mol. The summed E-state index contributed by atoms with van der Waals surface area (Å²) in [7, 11) is 0. The summed E-state index contributed by atoms with van der Waals surface area (Å²) in [5.74, 6) is 0. The van der Waals surface area contributed by atoms with Gasteiger partial charge >= 0.3 is 0 Å². The molecule has 4 heterocycles. The molecule has 5 heteroatoms. The second-order valence-electron chi connectivity index (χ2n) is 29.7. The second kappa shape index (κ2) is 17.9. The molecule has 16 rings (SSSR count). The molecule has 0 bridgehead atoms. The second-order valence-corrected chi connectivity index (χ2v) is 30.8. The molecule has 3 aliphatic heterocycles. The van der Waals surface area contributed by atoms with Crippen LogP contribution in [0.5, 0.6) is 0 Å². The van der Waals surface area contributed by atoms with Crippen molar-refractivity contribution in [3.05, 3.63) is 210 Å². The van der Waals surface area contributed by atoms with Crippen LogP contribution >= 0.6 is 11.3 Å². The van der Waals surface area contributed by atoms with Crippen molar-refractivity contribution in [2.45, 2.75) is 154 Å². The molecule has 1 fully saturated rings. The SMILES string of the molecule is CC(C)(C)c1ccc(N2c3cc4c#cc5ccccc5c4cc3B3c4cc5c(cc4N(c4cccc6sc7ccccc7c46)c4cc(N6c7ccc(C(C)(C)C)cc7C7(C)CCCCC67C)cc2c43)C(C)(C)CCC5(C)C)c(-c2ccccc2)c1. The molecule has 2 aliphatic carbocycles. The highest BCUT2D eigenvalue weighted by atomic mass is 32.1. The van der Waals surface area contributed by atoms with E-state index in [4.69, 9.17) is 0 Å². The number of hydrogen-bond acceptors (Lipinski definition) is 4. The topological polar surface area (TPSA) is 9.72 Å². The summed E-state index contributed by atoms with van der Waals surface area (Å²) in [5.41, 5.74) is 23.2. The maximum absolute atomic E-state index is 3.77. The molecule has 0 spiro atoms. The molecule has 0 saturated heterocycles.